The molecule has 4 rings (SSSR count). The Hall–Kier alpha value is -2.96. The molecule has 0 aliphatic heterocycles. The molecule has 1 aromatic carbocycles. The first kappa shape index (κ1) is 14.6. The summed E-state index contributed by atoms with van der Waals surface area (Å²) >= 11 is 0. The van der Waals surface area contributed by atoms with Gasteiger partial charge in [-0.2, -0.15) is 0 Å². The minimum atomic E-state index is -0.191. The van der Waals surface area contributed by atoms with E-state index in [1.807, 2.05) is 35.9 Å². The number of carbonyl (C=O) groups excluding carboxylic acids is 1. The maximum Gasteiger partial charge on any atom is 0.259 e. The van der Waals surface area contributed by atoms with E-state index in [0.717, 1.165) is 30.0 Å². The molecule has 2 heterocycles. The van der Waals surface area contributed by atoms with Gasteiger partial charge in [-0.25, -0.2) is 4.68 Å². The lowest BCUT2D eigenvalue weighted by molar-refractivity contribution is 0.102. The molecule has 0 atom stereocenters. The highest BCUT2D eigenvalue weighted by Gasteiger charge is 2.28. The Bertz CT molecular complexity index is 907. The van der Waals surface area contributed by atoms with E-state index in [1.165, 1.54) is 0 Å². The van der Waals surface area contributed by atoms with Crippen molar-refractivity contribution in [3.05, 3.63) is 47.4 Å². The van der Waals surface area contributed by atoms with Crippen LogP contribution in [0.25, 0.3) is 11.4 Å². The average Bonchev–Trinajstić information content (AvgIpc) is 3.18. The highest BCUT2D eigenvalue weighted by molar-refractivity contribution is 6.05. The largest absolute Gasteiger partial charge is 0.466 e. The van der Waals surface area contributed by atoms with E-state index < -0.39 is 0 Å². The van der Waals surface area contributed by atoms with E-state index in [-0.39, 0.29) is 5.91 Å². The molecular weight excluding hydrogens is 306 g/mol. The zero-order valence-corrected chi connectivity index (χ0v) is 13.5. The van der Waals surface area contributed by atoms with Gasteiger partial charge in [0.1, 0.15) is 11.5 Å². The van der Waals surface area contributed by atoms with Gasteiger partial charge in [-0.1, -0.05) is 12.1 Å². The molecule has 2 aromatic heterocycles. The Labute approximate surface area is 138 Å². The molecule has 1 fully saturated rings. The van der Waals surface area contributed by atoms with Crippen LogP contribution in [-0.2, 0) is 0 Å². The molecule has 0 radical (unpaired) electrons. The van der Waals surface area contributed by atoms with Gasteiger partial charge in [-0.05, 0) is 55.3 Å². The normalized spacial score (nSPS) is 13.9. The third kappa shape index (κ3) is 2.68. The van der Waals surface area contributed by atoms with E-state index in [0.29, 0.717) is 23.1 Å². The number of rotatable bonds is 4. The molecule has 122 valence electrons. The average molecular weight is 323 g/mol. The van der Waals surface area contributed by atoms with Crippen LogP contribution in [-0.4, -0.2) is 26.1 Å². The molecule has 1 N–H and O–H groups in total. The highest BCUT2D eigenvalue weighted by Crippen LogP contribution is 2.36. The predicted octanol–water partition coefficient (Wildman–Crippen LogP) is 3.14. The van der Waals surface area contributed by atoms with Crippen molar-refractivity contribution in [1.82, 2.24) is 20.2 Å². The molecule has 24 heavy (non-hydrogen) atoms. The molecular formula is C17H17N5O2. The second-order valence-electron chi connectivity index (χ2n) is 6.04. The summed E-state index contributed by atoms with van der Waals surface area (Å²) in [5.74, 6) is 1.86. The first-order valence-corrected chi connectivity index (χ1v) is 7.88. The molecule has 7 heteroatoms. The number of amides is 1. The number of hydrogen-bond acceptors (Lipinski definition) is 5. The minimum absolute atomic E-state index is 0.191. The van der Waals surface area contributed by atoms with Gasteiger partial charge in [0.25, 0.3) is 5.91 Å². The van der Waals surface area contributed by atoms with Gasteiger partial charge in [0.2, 0.25) is 0 Å². The van der Waals surface area contributed by atoms with Crippen molar-refractivity contribution < 1.29 is 9.21 Å². The molecule has 0 spiro atoms. The van der Waals surface area contributed by atoms with Crippen molar-refractivity contribution in [2.45, 2.75) is 32.7 Å². The van der Waals surface area contributed by atoms with E-state index >= 15 is 0 Å². The fourth-order valence-electron chi connectivity index (χ4n) is 2.74. The Morgan fingerprint density at radius 1 is 1.29 bits per heavy atom. The molecule has 7 nitrogen and oxygen atoms in total. The fraction of sp³-hybridized carbons (Fsp3) is 0.294. The van der Waals surface area contributed by atoms with Crippen LogP contribution in [0.15, 0.2) is 34.7 Å². The summed E-state index contributed by atoms with van der Waals surface area (Å²) in [7, 11) is 0. The van der Waals surface area contributed by atoms with Crippen molar-refractivity contribution in [2.75, 3.05) is 5.32 Å². The van der Waals surface area contributed by atoms with E-state index in [9.17, 15) is 4.79 Å². The lowest BCUT2D eigenvalue weighted by Gasteiger charge is -2.07. The number of aryl methyl sites for hydroxylation is 2. The topological polar surface area (TPSA) is 85.8 Å². The smallest absolute Gasteiger partial charge is 0.259 e. The summed E-state index contributed by atoms with van der Waals surface area (Å²) in [6.45, 7) is 3.60. The number of furan rings is 1. The Kier molecular flexibility index (Phi) is 3.41. The van der Waals surface area contributed by atoms with Gasteiger partial charge < -0.3 is 9.73 Å². The van der Waals surface area contributed by atoms with Crippen molar-refractivity contribution in [3.8, 4) is 11.4 Å². The van der Waals surface area contributed by atoms with Gasteiger partial charge in [-0.3, -0.25) is 4.79 Å². The molecule has 1 saturated carbocycles. The van der Waals surface area contributed by atoms with Gasteiger partial charge in [0, 0.05) is 11.3 Å². The van der Waals surface area contributed by atoms with Gasteiger partial charge in [0.15, 0.2) is 5.82 Å². The minimum Gasteiger partial charge on any atom is -0.466 e. The van der Waals surface area contributed by atoms with Crippen LogP contribution in [0, 0.1) is 13.8 Å². The predicted molar refractivity (Wildman–Crippen MR) is 87.7 cm³/mol. The molecule has 0 unspecified atom stereocenters. The zero-order chi connectivity index (χ0) is 16.7. The lowest BCUT2D eigenvalue weighted by Crippen LogP contribution is -2.12. The number of aromatic nitrogens is 4. The third-order valence-corrected chi connectivity index (χ3v) is 4.05. The zero-order valence-electron chi connectivity index (χ0n) is 13.5. The highest BCUT2D eigenvalue weighted by atomic mass is 16.3. The Morgan fingerprint density at radius 3 is 2.83 bits per heavy atom. The SMILES string of the molecule is Cc1cc(C(=O)Nc2cccc(-c3nnnn3C3CC3)c2)c(C)o1. The van der Waals surface area contributed by atoms with Crippen LogP contribution < -0.4 is 5.32 Å². The van der Waals surface area contributed by atoms with Crippen molar-refractivity contribution in [3.63, 3.8) is 0 Å². The van der Waals surface area contributed by atoms with Crippen molar-refractivity contribution in [1.29, 1.82) is 0 Å². The van der Waals surface area contributed by atoms with E-state index in [2.05, 4.69) is 20.8 Å². The number of anilines is 1. The monoisotopic (exact) mass is 323 g/mol. The van der Waals surface area contributed by atoms with Crippen LogP contribution in [0.3, 0.4) is 0 Å². The first-order chi connectivity index (χ1) is 11.6. The summed E-state index contributed by atoms with van der Waals surface area (Å²) in [5.41, 5.74) is 2.12. The van der Waals surface area contributed by atoms with Gasteiger partial charge in [0.05, 0.1) is 11.6 Å². The molecule has 0 saturated heterocycles. The maximum absolute atomic E-state index is 12.4. The van der Waals surface area contributed by atoms with Crippen LogP contribution in [0.1, 0.15) is 40.8 Å². The summed E-state index contributed by atoms with van der Waals surface area (Å²) < 4.78 is 7.27. The van der Waals surface area contributed by atoms with E-state index in [4.69, 9.17) is 4.42 Å². The number of hydrogen-bond donors (Lipinski definition) is 1. The summed E-state index contributed by atoms with van der Waals surface area (Å²) in [5, 5.41) is 14.9. The Balaban J connectivity index is 1.60. The molecule has 3 aromatic rings. The van der Waals surface area contributed by atoms with Crippen LogP contribution >= 0.6 is 0 Å². The fourth-order valence-corrected chi connectivity index (χ4v) is 2.74. The van der Waals surface area contributed by atoms with Crippen LogP contribution in [0.4, 0.5) is 5.69 Å². The summed E-state index contributed by atoms with van der Waals surface area (Å²) in [6, 6.07) is 9.67. The second kappa shape index (κ2) is 5.59. The van der Waals surface area contributed by atoms with Gasteiger partial charge >= 0.3 is 0 Å². The van der Waals surface area contributed by atoms with Gasteiger partial charge in [-0.15, -0.1) is 5.10 Å². The first-order valence-electron chi connectivity index (χ1n) is 7.88. The van der Waals surface area contributed by atoms with Crippen LogP contribution in [0.2, 0.25) is 0 Å². The van der Waals surface area contributed by atoms with Crippen molar-refractivity contribution in [2.24, 2.45) is 0 Å². The molecule has 1 aliphatic carbocycles. The molecule has 0 bridgehead atoms. The number of benzene rings is 1. The standard InChI is InChI=1S/C17H17N5O2/c1-10-8-15(11(2)24-10)17(23)18-13-5-3-4-12(9-13)16-19-20-21-22(16)14-6-7-14/h3-5,8-9,14H,6-7H2,1-2H3,(H,18,23). The molecule has 1 amide bonds. The van der Waals surface area contributed by atoms with E-state index in [1.54, 1.807) is 13.0 Å². The maximum atomic E-state index is 12.4. The summed E-state index contributed by atoms with van der Waals surface area (Å²) in [4.78, 5) is 12.4. The van der Waals surface area contributed by atoms with Crippen LogP contribution in [0.5, 0.6) is 0 Å². The number of nitrogens with one attached hydrogen (secondary N) is 1. The lowest BCUT2D eigenvalue weighted by atomic mass is 10.1. The number of carbonyl (C=O) groups is 1. The quantitative estimate of drug-likeness (QED) is 0.797. The summed E-state index contributed by atoms with van der Waals surface area (Å²) in [6.07, 6.45) is 2.21. The molecule has 1 aliphatic rings. The number of nitrogens with zero attached hydrogens (tertiary/aromatic N) is 4. The number of tetrazole rings is 1. The third-order valence-electron chi connectivity index (χ3n) is 4.05. The van der Waals surface area contributed by atoms with Crippen molar-refractivity contribution >= 4 is 11.6 Å². The second-order valence-corrected chi connectivity index (χ2v) is 6.04. The Morgan fingerprint density at radius 2 is 2.12 bits per heavy atom.